The topological polar surface area (TPSA) is 167 Å². The molecule has 0 saturated carbocycles. The highest BCUT2D eigenvalue weighted by Crippen LogP contribution is 2.11. The summed E-state index contributed by atoms with van der Waals surface area (Å²) in [7, 11) is 0. The highest BCUT2D eigenvalue weighted by molar-refractivity contribution is 5.88. The lowest BCUT2D eigenvalue weighted by Crippen LogP contribution is -1.94. The first-order valence-corrected chi connectivity index (χ1v) is 14.3. The van der Waals surface area contributed by atoms with E-state index in [9.17, 15) is 9.59 Å². The van der Waals surface area contributed by atoms with Crippen molar-refractivity contribution in [2.45, 2.75) is 0 Å². The second-order valence-corrected chi connectivity index (χ2v) is 9.50. The molecule has 2 aromatic carbocycles. The van der Waals surface area contributed by atoms with Crippen LogP contribution in [0.1, 0.15) is 43.0 Å². The van der Waals surface area contributed by atoms with Gasteiger partial charge in [-0.05, 0) is 107 Å². The van der Waals surface area contributed by atoms with E-state index in [0.717, 1.165) is 22.3 Å². The maximum Gasteiger partial charge on any atom is 0.335 e. The van der Waals surface area contributed by atoms with E-state index in [4.69, 9.17) is 20.4 Å². The Morgan fingerprint density at radius 2 is 0.667 bits per heavy atom. The lowest BCUT2D eigenvalue weighted by atomic mass is 10.2. The Labute approximate surface area is 277 Å². The smallest absolute Gasteiger partial charge is 0.335 e. The molecule has 0 fully saturated rings. The zero-order chi connectivity index (χ0) is 34.4. The summed E-state index contributed by atoms with van der Waals surface area (Å²) in [6, 6.07) is 26.8. The molecule has 0 amide bonds. The maximum atomic E-state index is 10.2. The van der Waals surface area contributed by atoms with Gasteiger partial charge in [-0.15, -0.1) is 0 Å². The molecule has 10 heteroatoms. The number of rotatable bonds is 6. The van der Waals surface area contributed by atoms with Crippen molar-refractivity contribution in [1.82, 2.24) is 19.9 Å². The third kappa shape index (κ3) is 14.2. The van der Waals surface area contributed by atoms with Crippen LogP contribution < -0.4 is 0 Å². The summed E-state index contributed by atoms with van der Waals surface area (Å²) in [4.78, 5) is 36.3. The second-order valence-electron chi connectivity index (χ2n) is 9.50. The van der Waals surface area contributed by atoms with Gasteiger partial charge in [0.2, 0.25) is 0 Å². The number of carboxylic acids is 2. The van der Waals surface area contributed by atoms with Crippen LogP contribution in [0.5, 0.6) is 11.5 Å². The molecule has 0 saturated heterocycles. The number of carbonyl (C=O) groups is 2. The summed E-state index contributed by atoms with van der Waals surface area (Å²) in [5, 5.41) is 34.4. The van der Waals surface area contributed by atoms with Gasteiger partial charge in [0.1, 0.15) is 11.5 Å². The Balaban J connectivity index is 0.000000176. The fraction of sp³-hybridized carbons (Fsp3) is 0. The standard InChI is InChI=1S/2C12H10N2.2C7H6O3/c2*1(11-3-7-13-8-4-11)2-12-5-9-14-10-6-12;2*8-6-3-1-2-5(4-6)7(9)10/h2*1-10H;2*1-4,8H,(H,9,10)/b2*2-1+;;. The van der Waals surface area contributed by atoms with Crippen molar-refractivity contribution in [3.63, 3.8) is 0 Å². The predicted octanol–water partition coefficient (Wildman–Crippen LogP) is 7.47. The van der Waals surface area contributed by atoms with E-state index in [1.807, 2.05) is 48.5 Å². The van der Waals surface area contributed by atoms with Gasteiger partial charge in [-0.3, -0.25) is 19.9 Å². The van der Waals surface area contributed by atoms with E-state index >= 15 is 0 Å². The Kier molecular flexibility index (Phi) is 14.9. The molecular formula is C38H32N4O6. The number of hydrogen-bond acceptors (Lipinski definition) is 8. The van der Waals surface area contributed by atoms with E-state index in [-0.39, 0.29) is 22.6 Å². The minimum Gasteiger partial charge on any atom is -0.508 e. The molecule has 10 nitrogen and oxygen atoms in total. The number of phenols is 2. The van der Waals surface area contributed by atoms with Gasteiger partial charge in [0.05, 0.1) is 11.1 Å². The largest absolute Gasteiger partial charge is 0.508 e. The molecule has 0 bridgehead atoms. The van der Waals surface area contributed by atoms with Crippen molar-refractivity contribution in [1.29, 1.82) is 0 Å². The summed E-state index contributed by atoms with van der Waals surface area (Å²) >= 11 is 0. The monoisotopic (exact) mass is 640 g/mol. The zero-order valence-corrected chi connectivity index (χ0v) is 25.6. The van der Waals surface area contributed by atoms with Gasteiger partial charge >= 0.3 is 11.9 Å². The van der Waals surface area contributed by atoms with Crippen LogP contribution in [-0.2, 0) is 0 Å². The number of phenolic OH excluding ortho intramolecular Hbond substituents is 2. The van der Waals surface area contributed by atoms with Crippen LogP contribution in [0.25, 0.3) is 24.3 Å². The van der Waals surface area contributed by atoms with Crippen LogP contribution in [0.15, 0.2) is 147 Å². The Hall–Kier alpha value is -6.94. The number of carboxylic acid groups (broad SMARTS) is 2. The second kappa shape index (κ2) is 20.2. The maximum absolute atomic E-state index is 10.2. The summed E-state index contributed by atoms with van der Waals surface area (Å²) in [6.07, 6.45) is 22.5. The molecule has 0 unspecified atom stereocenters. The van der Waals surface area contributed by atoms with E-state index in [1.54, 1.807) is 49.6 Å². The van der Waals surface area contributed by atoms with Gasteiger partial charge in [0.25, 0.3) is 0 Å². The zero-order valence-electron chi connectivity index (χ0n) is 25.6. The van der Waals surface area contributed by atoms with E-state index in [2.05, 4.69) is 44.2 Å². The Bertz CT molecular complexity index is 1660. The minimum absolute atomic E-state index is 0.0279. The number of hydrogen-bond donors (Lipinski definition) is 4. The molecule has 4 heterocycles. The van der Waals surface area contributed by atoms with Gasteiger partial charge in [0.15, 0.2) is 0 Å². The molecule has 0 aliphatic rings. The lowest BCUT2D eigenvalue weighted by Gasteiger charge is -1.92. The van der Waals surface area contributed by atoms with Gasteiger partial charge in [0, 0.05) is 49.6 Å². The third-order valence-corrected chi connectivity index (χ3v) is 5.95. The van der Waals surface area contributed by atoms with Crippen LogP contribution >= 0.6 is 0 Å². The first-order valence-electron chi connectivity index (χ1n) is 14.3. The normalized spacial score (nSPS) is 10.0. The average molecular weight is 641 g/mol. The highest BCUT2D eigenvalue weighted by atomic mass is 16.4. The van der Waals surface area contributed by atoms with Crippen molar-refractivity contribution < 1.29 is 30.0 Å². The molecule has 4 N–H and O–H groups in total. The summed E-state index contributed by atoms with van der Waals surface area (Å²) in [5.74, 6) is -2.12. The van der Waals surface area contributed by atoms with E-state index < -0.39 is 11.9 Å². The van der Waals surface area contributed by atoms with Gasteiger partial charge in [-0.25, -0.2) is 9.59 Å². The molecule has 0 radical (unpaired) electrons. The lowest BCUT2D eigenvalue weighted by molar-refractivity contribution is 0.0685. The molecule has 0 aliphatic heterocycles. The number of nitrogens with zero attached hydrogens (tertiary/aromatic N) is 4. The molecule has 0 aliphatic carbocycles. The first-order chi connectivity index (χ1) is 23.3. The van der Waals surface area contributed by atoms with E-state index in [0.29, 0.717) is 0 Å². The third-order valence-electron chi connectivity index (χ3n) is 5.95. The van der Waals surface area contributed by atoms with Gasteiger partial charge in [-0.1, -0.05) is 36.4 Å². The number of benzene rings is 2. The molecule has 6 rings (SSSR count). The van der Waals surface area contributed by atoms with Crippen LogP contribution in [0.4, 0.5) is 0 Å². The molecule has 0 spiro atoms. The summed E-state index contributed by atoms with van der Waals surface area (Å²) in [5.41, 5.74) is 4.79. The molecule has 6 aromatic rings. The molecular weight excluding hydrogens is 608 g/mol. The van der Waals surface area contributed by atoms with Crippen LogP contribution in [0.2, 0.25) is 0 Å². The molecule has 0 atom stereocenters. The number of aromatic hydroxyl groups is 2. The van der Waals surface area contributed by atoms with Gasteiger partial charge < -0.3 is 20.4 Å². The highest BCUT2D eigenvalue weighted by Gasteiger charge is 2.01. The van der Waals surface area contributed by atoms with Crippen LogP contribution in [-0.4, -0.2) is 52.3 Å². The molecule has 4 aromatic heterocycles. The fourth-order valence-corrected chi connectivity index (χ4v) is 3.56. The van der Waals surface area contributed by atoms with Crippen molar-refractivity contribution >= 4 is 36.2 Å². The van der Waals surface area contributed by atoms with E-state index in [1.165, 1.54) is 48.5 Å². The Morgan fingerprint density at radius 3 is 0.854 bits per heavy atom. The Morgan fingerprint density at radius 1 is 0.417 bits per heavy atom. The fourth-order valence-electron chi connectivity index (χ4n) is 3.56. The number of pyridine rings is 4. The van der Waals surface area contributed by atoms with Crippen molar-refractivity contribution in [3.05, 3.63) is 180 Å². The number of aromatic carboxylic acids is 2. The summed E-state index contributed by atoms with van der Waals surface area (Å²) in [6.45, 7) is 0. The van der Waals surface area contributed by atoms with Crippen molar-refractivity contribution in [3.8, 4) is 11.5 Å². The van der Waals surface area contributed by atoms with Gasteiger partial charge in [-0.2, -0.15) is 0 Å². The summed E-state index contributed by atoms with van der Waals surface area (Å²) < 4.78 is 0. The first kappa shape index (κ1) is 35.5. The van der Waals surface area contributed by atoms with Crippen LogP contribution in [0, 0.1) is 0 Å². The average Bonchev–Trinajstić information content (AvgIpc) is 3.12. The van der Waals surface area contributed by atoms with Crippen molar-refractivity contribution in [2.24, 2.45) is 0 Å². The van der Waals surface area contributed by atoms with Crippen LogP contribution in [0.3, 0.4) is 0 Å². The predicted molar refractivity (Wildman–Crippen MR) is 185 cm³/mol. The SMILES string of the molecule is C(=C\c1ccncc1)/c1ccncc1.C(=C\c1ccncc1)/c1ccncc1.O=C(O)c1cccc(O)c1.O=C(O)c1cccc(O)c1. The number of aromatic nitrogens is 4. The quantitative estimate of drug-likeness (QED) is 0.143. The van der Waals surface area contributed by atoms with Crippen molar-refractivity contribution in [2.75, 3.05) is 0 Å². The molecule has 48 heavy (non-hydrogen) atoms. The minimum atomic E-state index is -1.03. The molecule has 240 valence electrons.